The topological polar surface area (TPSA) is 49.8 Å². The van der Waals surface area contributed by atoms with Gasteiger partial charge in [-0.25, -0.2) is 4.39 Å². The molecule has 0 saturated heterocycles. The first-order chi connectivity index (χ1) is 8.95. The summed E-state index contributed by atoms with van der Waals surface area (Å²) in [5.41, 5.74) is 0.709. The van der Waals surface area contributed by atoms with E-state index in [0.29, 0.717) is 17.7 Å². The summed E-state index contributed by atoms with van der Waals surface area (Å²) >= 11 is 0. The Labute approximate surface area is 111 Å². The maximum Gasteiger partial charge on any atom is 0.306 e. The van der Waals surface area contributed by atoms with Gasteiger partial charge in [-0.1, -0.05) is 0 Å². The van der Waals surface area contributed by atoms with Gasteiger partial charge >= 0.3 is 5.97 Å². The fourth-order valence-corrected chi connectivity index (χ4v) is 2.68. The van der Waals surface area contributed by atoms with Crippen LogP contribution in [0, 0.1) is 17.7 Å². The van der Waals surface area contributed by atoms with Crippen LogP contribution < -0.4 is 4.74 Å². The lowest BCUT2D eigenvalue weighted by molar-refractivity contribution is -0.139. The Morgan fingerprint density at radius 3 is 2.68 bits per heavy atom. The standard InChI is InChI=1S/C14H18FNO3/c1-16(2)13(9-7-10(9)14(17)18)11-6-8(15)4-5-12(11)19-3/h4-6,9-10,13H,7H2,1-3H3,(H,17,18). The van der Waals surface area contributed by atoms with Gasteiger partial charge in [-0.2, -0.15) is 0 Å². The number of nitrogens with zero attached hydrogens (tertiary/aromatic N) is 1. The third kappa shape index (κ3) is 2.71. The van der Waals surface area contributed by atoms with E-state index in [-0.39, 0.29) is 23.7 Å². The highest BCUT2D eigenvalue weighted by Crippen LogP contribution is 2.51. The zero-order valence-electron chi connectivity index (χ0n) is 11.3. The number of ether oxygens (including phenoxy) is 1. The average Bonchev–Trinajstić information content (AvgIpc) is 3.09. The van der Waals surface area contributed by atoms with Gasteiger partial charge in [-0.15, -0.1) is 0 Å². The van der Waals surface area contributed by atoms with Crippen LogP contribution in [0.5, 0.6) is 5.75 Å². The van der Waals surface area contributed by atoms with E-state index in [0.717, 1.165) is 0 Å². The fraction of sp³-hybridized carbons (Fsp3) is 0.500. The van der Waals surface area contributed by atoms with E-state index in [4.69, 9.17) is 9.84 Å². The maximum absolute atomic E-state index is 13.5. The highest BCUT2D eigenvalue weighted by molar-refractivity contribution is 5.73. The van der Waals surface area contributed by atoms with Gasteiger partial charge in [-0.3, -0.25) is 4.79 Å². The summed E-state index contributed by atoms with van der Waals surface area (Å²) in [5, 5.41) is 9.06. The van der Waals surface area contributed by atoms with Crippen LogP contribution in [-0.2, 0) is 4.79 Å². The summed E-state index contributed by atoms with van der Waals surface area (Å²) in [6.45, 7) is 0. The lowest BCUT2D eigenvalue weighted by Crippen LogP contribution is -2.24. The molecule has 19 heavy (non-hydrogen) atoms. The first-order valence-electron chi connectivity index (χ1n) is 6.18. The zero-order valence-corrected chi connectivity index (χ0v) is 11.3. The largest absolute Gasteiger partial charge is 0.496 e. The molecule has 4 nitrogen and oxygen atoms in total. The smallest absolute Gasteiger partial charge is 0.306 e. The fourth-order valence-electron chi connectivity index (χ4n) is 2.68. The number of hydrogen-bond donors (Lipinski definition) is 1. The van der Waals surface area contributed by atoms with Crippen LogP contribution in [0.2, 0.25) is 0 Å². The van der Waals surface area contributed by atoms with E-state index in [2.05, 4.69) is 0 Å². The molecule has 1 aromatic carbocycles. The van der Waals surface area contributed by atoms with Crippen LogP contribution in [0.25, 0.3) is 0 Å². The number of halogens is 1. The van der Waals surface area contributed by atoms with E-state index in [9.17, 15) is 9.18 Å². The minimum atomic E-state index is -0.785. The second kappa shape index (κ2) is 5.17. The SMILES string of the molecule is COc1ccc(F)cc1C(C1CC1C(=O)O)N(C)C. The Hall–Kier alpha value is -1.62. The van der Waals surface area contributed by atoms with Gasteiger partial charge in [0.2, 0.25) is 0 Å². The van der Waals surface area contributed by atoms with Crippen LogP contribution in [-0.4, -0.2) is 37.2 Å². The van der Waals surface area contributed by atoms with Crippen molar-refractivity contribution in [3.8, 4) is 5.75 Å². The molecule has 0 spiro atoms. The molecular weight excluding hydrogens is 249 g/mol. The molecule has 0 aliphatic heterocycles. The molecule has 3 unspecified atom stereocenters. The van der Waals surface area contributed by atoms with Crippen LogP contribution >= 0.6 is 0 Å². The van der Waals surface area contributed by atoms with Crippen molar-refractivity contribution in [2.45, 2.75) is 12.5 Å². The first kappa shape index (κ1) is 13.8. The lowest BCUT2D eigenvalue weighted by Gasteiger charge is -2.26. The lowest BCUT2D eigenvalue weighted by atomic mass is 9.98. The minimum absolute atomic E-state index is 0.00296. The van der Waals surface area contributed by atoms with Gasteiger partial charge in [-0.05, 0) is 44.6 Å². The summed E-state index contributed by atoms with van der Waals surface area (Å²) in [6, 6.07) is 4.21. The minimum Gasteiger partial charge on any atom is -0.496 e. The van der Waals surface area contributed by atoms with Crippen molar-refractivity contribution in [3.63, 3.8) is 0 Å². The van der Waals surface area contributed by atoms with Crippen molar-refractivity contribution in [3.05, 3.63) is 29.6 Å². The van der Waals surface area contributed by atoms with E-state index >= 15 is 0 Å². The van der Waals surface area contributed by atoms with E-state index in [1.54, 1.807) is 6.07 Å². The number of carboxylic acids is 1. The molecule has 1 fully saturated rings. The van der Waals surface area contributed by atoms with E-state index in [1.165, 1.54) is 19.2 Å². The molecule has 1 saturated carbocycles. The molecule has 1 aliphatic carbocycles. The second-order valence-corrected chi connectivity index (χ2v) is 5.14. The number of methoxy groups -OCH3 is 1. The van der Waals surface area contributed by atoms with Gasteiger partial charge in [0.1, 0.15) is 11.6 Å². The highest BCUT2D eigenvalue weighted by atomic mass is 19.1. The molecule has 3 atom stereocenters. The first-order valence-corrected chi connectivity index (χ1v) is 6.18. The molecule has 5 heteroatoms. The number of carboxylic acid groups (broad SMARTS) is 1. The molecular formula is C14H18FNO3. The number of benzene rings is 1. The third-order valence-corrected chi connectivity index (χ3v) is 3.63. The van der Waals surface area contributed by atoms with E-state index in [1.807, 2.05) is 19.0 Å². The molecule has 1 aliphatic rings. The quantitative estimate of drug-likeness (QED) is 0.888. The number of carbonyl (C=O) groups is 1. The number of hydrogen-bond acceptors (Lipinski definition) is 3. The number of aliphatic carboxylic acids is 1. The van der Waals surface area contributed by atoms with Crippen LogP contribution in [0.4, 0.5) is 4.39 Å². The normalized spacial score (nSPS) is 23.2. The summed E-state index contributed by atoms with van der Waals surface area (Å²) in [4.78, 5) is 12.9. The Kier molecular flexibility index (Phi) is 3.75. The monoisotopic (exact) mass is 267 g/mol. The van der Waals surface area contributed by atoms with Crippen LogP contribution in [0.3, 0.4) is 0 Å². The highest BCUT2D eigenvalue weighted by Gasteiger charge is 2.49. The average molecular weight is 267 g/mol. The summed E-state index contributed by atoms with van der Waals surface area (Å²) in [6.07, 6.45) is 0.623. The van der Waals surface area contributed by atoms with Gasteiger partial charge in [0.25, 0.3) is 0 Å². The van der Waals surface area contributed by atoms with Crippen molar-refractivity contribution in [1.29, 1.82) is 0 Å². The predicted molar refractivity (Wildman–Crippen MR) is 68.6 cm³/mol. The summed E-state index contributed by atoms with van der Waals surface area (Å²) in [5.74, 6) is -0.873. The zero-order chi connectivity index (χ0) is 14.2. The van der Waals surface area contributed by atoms with Crippen molar-refractivity contribution in [1.82, 2.24) is 4.90 Å². The molecule has 1 N–H and O–H groups in total. The Morgan fingerprint density at radius 1 is 1.53 bits per heavy atom. The van der Waals surface area contributed by atoms with E-state index < -0.39 is 5.97 Å². The van der Waals surface area contributed by atoms with Gasteiger partial charge in [0, 0.05) is 11.6 Å². The Morgan fingerprint density at radius 2 is 2.21 bits per heavy atom. The summed E-state index contributed by atoms with van der Waals surface area (Å²) < 4.78 is 18.7. The van der Waals surface area contributed by atoms with Gasteiger partial charge in [0.05, 0.1) is 13.0 Å². The van der Waals surface area contributed by atoms with Crippen LogP contribution in [0.1, 0.15) is 18.0 Å². The predicted octanol–water partition coefficient (Wildman–Crippen LogP) is 2.16. The van der Waals surface area contributed by atoms with Crippen LogP contribution in [0.15, 0.2) is 18.2 Å². The molecule has 0 bridgehead atoms. The molecule has 0 radical (unpaired) electrons. The Balaban J connectivity index is 2.35. The molecule has 0 aromatic heterocycles. The van der Waals surface area contributed by atoms with Crippen molar-refractivity contribution in [2.75, 3.05) is 21.2 Å². The number of rotatable bonds is 5. The van der Waals surface area contributed by atoms with Crippen molar-refractivity contribution >= 4 is 5.97 Å². The van der Waals surface area contributed by atoms with Gasteiger partial charge < -0.3 is 14.7 Å². The van der Waals surface area contributed by atoms with Crippen molar-refractivity contribution in [2.24, 2.45) is 11.8 Å². The van der Waals surface area contributed by atoms with Crippen molar-refractivity contribution < 1.29 is 19.0 Å². The third-order valence-electron chi connectivity index (χ3n) is 3.63. The molecule has 104 valence electrons. The molecule has 0 heterocycles. The maximum atomic E-state index is 13.5. The second-order valence-electron chi connectivity index (χ2n) is 5.14. The molecule has 0 amide bonds. The summed E-state index contributed by atoms with van der Waals surface area (Å²) in [7, 11) is 5.27. The molecule has 1 aromatic rings. The Bertz CT molecular complexity index is 490. The molecule has 2 rings (SSSR count). The van der Waals surface area contributed by atoms with Gasteiger partial charge in [0.15, 0.2) is 0 Å².